The van der Waals surface area contributed by atoms with Crippen LogP contribution in [0.3, 0.4) is 0 Å². The molecular weight excluding hydrogens is 240 g/mol. The molecule has 0 amide bonds. The largest absolute Gasteiger partial charge is 0.485 e. The van der Waals surface area contributed by atoms with E-state index >= 15 is 0 Å². The minimum atomic E-state index is 0.369. The first-order chi connectivity index (χ1) is 9.38. The Kier molecular flexibility index (Phi) is 3.16. The number of nitrogens with zero attached hydrogens (tertiary/aromatic N) is 1. The van der Waals surface area contributed by atoms with Gasteiger partial charge >= 0.3 is 0 Å². The standard InChI is InChI=1S/C15H14N2O2/c16-9-11-6-8-18-15(11)10-19-14-5-1-4-13-12(14)3-2-7-17-13/h1-8H,9-10,16H2. The lowest BCUT2D eigenvalue weighted by Crippen LogP contribution is -2.02. The molecule has 1 aromatic carbocycles. The summed E-state index contributed by atoms with van der Waals surface area (Å²) < 4.78 is 11.2. The van der Waals surface area contributed by atoms with E-state index in [9.17, 15) is 0 Å². The summed E-state index contributed by atoms with van der Waals surface area (Å²) in [7, 11) is 0. The number of benzene rings is 1. The third-order valence-electron chi connectivity index (χ3n) is 3.02. The molecule has 4 nitrogen and oxygen atoms in total. The zero-order valence-electron chi connectivity index (χ0n) is 10.4. The molecule has 0 aliphatic heterocycles. The summed E-state index contributed by atoms with van der Waals surface area (Å²) in [6, 6.07) is 11.6. The Bertz CT molecular complexity index is 686. The molecule has 0 fully saturated rings. The van der Waals surface area contributed by atoms with Gasteiger partial charge in [-0.25, -0.2) is 0 Å². The van der Waals surface area contributed by atoms with Gasteiger partial charge in [0.25, 0.3) is 0 Å². The molecule has 96 valence electrons. The van der Waals surface area contributed by atoms with Crippen molar-refractivity contribution in [2.75, 3.05) is 0 Å². The minimum Gasteiger partial charge on any atom is -0.485 e. The summed E-state index contributed by atoms with van der Waals surface area (Å²) in [6.07, 6.45) is 3.40. The van der Waals surface area contributed by atoms with Crippen molar-refractivity contribution in [1.29, 1.82) is 0 Å². The first-order valence-electron chi connectivity index (χ1n) is 6.10. The van der Waals surface area contributed by atoms with Crippen LogP contribution in [0.4, 0.5) is 0 Å². The molecule has 2 heterocycles. The van der Waals surface area contributed by atoms with Gasteiger partial charge in [0, 0.05) is 23.7 Å². The Morgan fingerprint density at radius 3 is 3.00 bits per heavy atom. The fraction of sp³-hybridized carbons (Fsp3) is 0.133. The van der Waals surface area contributed by atoms with E-state index < -0.39 is 0 Å². The van der Waals surface area contributed by atoms with Crippen LogP contribution < -0.4 is 10.5 Å². The van der Waals surface area contributed by atoms with Crippen molar-refractivity contribution in [2.45, 2.75) is 13.2 Å². The molecule has 3 rings (SSSR count). The molecule has 0 saturated carbocycles. The lowest BCUT2D eigenvalue weighted by molar-refractivity contribution is 0.271. The van der Waals surface area contributed by atoms with Crippen LogP contribution in [-0.2, 0) is 13.2 Å². The summed E-state index contributed by atoms with van der Waals surface area (Å²) in [6.45, 7) is 0.819. The summed E-state index contributed by atoms with van der Waals surface area (Å²) in [5.74, 6) is 1.56. The highest BCUT2D eigenvalue weighted by atomic mass is 16.5. The van der Waals surface area contributed by atoms with E-state index in [1.165, 1.54) is 0 Å². The van der Waals surface area contributed by atoms with Crippen LogP contribution in [-0.4, -0.2) is 4.98 Å². The van der Waals surface area contributed by atoms with Crippen molar-refractivity contribution < 1.29 is 9.15 Å². The smallest absolute Gasteiger partial charge is 0.146 e. The quantitative estimate of drug-likeness (QED) is 0.777. The van der Waals surface area contributed by atoms with E-state index in [-0.39, 0.29) is 0 Å². The van der Waals surface area contributed by atoms with Gasteiger partial charge in [0.1, 0.15) is 18.1 Å². The molecule has 2 N–H and O–H groups in total. The minimum absolute atomic E-state index is 0.369. The maximum atomic E-state index is 5.82. The molecule has 0 atom stereocenters. The van der Waals surface area contributed by atoms with Gasteiger partial charge in [-0.3, -0.25) is 4.98 Å². The number of nitrogens with two attached hydrogens (primary N) is 1. The summed E-state index contributed by atoms with van der Waals surface area (Å²) in [5.41, 5.74) is 7.52. The van der Waals surface area contributed by atoms with Gasteiger partial charge in [-0.05, 0) is 30.3 Å². The van der Waals surface area contributed by atoms with Gasteiger partial charge in [-0.2, -0.15) is 0 Å². The number of hydrogen-bond acceptors (Lipinski definition) is 4. The summed E-state index contributed by atoms with van der Waals surface area (Å²) >= 11 is 0. The van der Waals surface area contributed by atoms with Crippen molar-refractivity contribution in [3.63, 3.8) is 0 Å². The van der Waals surface area contributed by atoms with Crippen LogP contribution in [0.25, 0.3) is 10.9 Å². The number of hydrogen-bond donors (Lipinski definition) is 1. The predicted octanol–water partition coefficient (Wildman–Crippen LogP) is 2.87. The number of fused-ring (bicyclic) bond motifs is 1. The second-order valence-electron chi connectivity index (χ2n) is 4.19. The van der Waals surface area contributed by atoms with Gasteiger partial charge < -0.3 is 14.9 Å². The van der Waals surface area contributed by atoms with Crippen molar-refractivity contribution in [3.8, 4) is 5.75 Å². The lowest BCUT2D eigenvalue weighted by atomic mass is 10.2. The highest BCUT2D eigenvalue weighted by Crippen LogP contribution is 2.25. The number of aromatic nitrogens is 1. The number of pyridine rings is 1. The van der Waals surface area contributed by atoms with Gasteiger partial charge in [-0.1, -0.05) is 6.07 Å². The highest BCUT2D eigenvalue weighted by molar-refractivity contribution is 5.84. The number of furan rings is 1. The fourth-order valence-corrected chi connectivity index (χ4v) is 2.02. The molecule has 0 aliphatic carbocycles. The van der Waals surface area contributed by atoms with Crippen LogP contribution in [0.15, 0.2) is 53.3 Å². The van der Waals surface area contributed by atoms with Crippen molar-refractivity contribution in [2.24, 2.45) is 5.73 Å². The second kappa shape index (κ2) is 5.12. The third kappa shape index (κ3) is 2.30. The topological polar surface area (TPSA) is 61.3 Å². The molecule has 0 spiro atoms. The second-order valence-corrected chi connectivity index (χ2v) is 4.19. The van der Waals surface area contributed by atoms with Crippen LogP contribution in [0.2, 0.25) is 0 Å². The Hall–Kier alpha value is -2.33. The third-order valence-corrected chi connectivity index (χ3v) is 3.02. The molecule has 0 bridgehead atoms. The van der Waals surface area contributed by atoms with Crippen LogP contribution in [0.5, 0.6) is 5.75 Å². The monoisotopic (exact) mass is 254 g/mol. The molecule has 4 heteroatoms. The fourth-order valence-electron chi connectivity index (χ4n) is 2.02. The van der Waals surface area contributed by atoms with Crippen LogP contribution >= 0.6 is 0 Å². The van der Waals surface area contributed by atoms with Crippen molar-refractivity contribution in [1.82, 2.24) is 4.98 Å². The summed E-state index contributed by atoms with van der Waals surface area (Å²) in [4.78, 5) is 4.30. The van der Waals surface area contributed by atoms with E-state index in [1.54, 1.807) is 12.5 Å². The summed E-state index contributed by atoms with van der Waals surface area (Å²) in [5, 5.41) is 0.992. The highest BCUT2D eigenvalue weighted by Gasteiger charge is 2.07. The Labute approximate surface area is 110 Å². The molecule has 3 aromatic rings. The maximum Gasteiger partial charge on any atom is 0.146 e. The SMILES string of the molecule is NCc1ccoc1COc1cccc2ncccc12. The van der Waals surface area contributed by atoms with Gasteiger partial charge in [-0.15, -0.1) is 0 Å². The predicted molar refractivity (Wildman–Crippen MR) is 72.7 cm³/mol. The zero-order chi connectivity index (χ0) is 13.1. The van der Waals surface area contributed by atoms with E-state index in [4.69, 9.17) is 14.9 Å². The zero-order valence-corrected chi connectivity index (χ0v) is 10.4. The number of rotatable bonds is 4. The van der Waals surface area contributed by atoms with Gasteiger partial charge in [0.05, 0.1) is 11.8 Å². The van der Waals surface area contributed by atoms with E-state index in [0.29, 0.717) is 13.2 Å². The Morgan fingerprint density at radius 2 is 2.11 bits per heavy atom. The van der Waals surface area contributed by atoms with E-state index in [1.807, 2.05) is 36.4 Å². The van der Waals surface area contributed by atoms with E-state index in [2.05, 4.69) is 4.98 Å². The number of ether oxygens (including phenoxy) is 1. The molecule has 0 saturated heterocycles. The van der Waals surface area contributed by atoms with Crippen LogP contribution in [0, 0.1) is 0 Å². The normalized spacial score (nSPS) is 10.8. The van der Waals surface area contributed by atoms with Gasteiger partial charge in [0.2, 0.25) is 0 Å². The first kappa shape index (κ1) is 11.7. The molecule has 19 heavy (non-hydrogen) atoms. The lowest BCUT2D eigenvalue weighted by Gasteiger charge is -2.08. The molecule has 0 aliphatic rings. The van der Waals surface area contributed by atoms with Crippen molar-refractivity contribution in [3.05, 3.63) is 60.2 Å². The molecule has 0 radical (unpaired) electrons. The molecule has 0 unspecified atom stereocenters. The Balaban J connectivity index is 1.86. The molecular formula is C15H14N2O2. The van der Waals surface area contributed by atoms with Crippen molar-refractivity contribution >= 4 is 10.9 Å². The average molecular weight is 254 g/mol. The first-order valence-corrected chi connectivity index (χ1v) is 6.10. The maximum absolute atomic E-state index is 5.82. The Morgan fingerprint density at radius 1 is 1.16 bits per heavy atom. The molecule has 2 aromatic heterocycles. The van der Waals surface area contributed by atoms with Gasteiger partial charge in [0.15, 0.2) is 0 Å². The van der Waals surface area contributed by atoms with E-state index in [0.717, 1.165) is 28.0 Å². The van der Waals surface area contributed by atoms with Crippen LogP contribution in [0.1, 0.15) is 11.3 Å². The average Bonchev–Trinajstić information content (AvgIpc) is 2.92.